The summed E-state index contributed by atoms with van der Waals surface area (Å²) < 4.78 is 0. The molecule has 1 heterocycles. The predicted octanol–water partition coefficient (Wildman–Crippen LogP) is 9.85. The molecule has 0 spiro atoms. The third kappa shape index (κ3) is 7.15. The van der Waals surface area contributed by atoms with Gasteiger partial charge in [0.1, 0.15) is 0 Å². The van der Waals surface area contributed by atoms with Crippen molar-refractivity contribution in [2.24, 2.45) is 11.8 Å². The molecule has 2 nitrogen and oxygen atoms in total. The van der Waals surface area contributed by atoms with E-state index in [1.165, 1.54) is 114 Å². The van der Waals surface area contributed by atoms with E-state index in [2.05, 4.69) is 50.5 Å². The van der Waals surface area contributed by atoms with Crippen LogP contribution in [-0.4, -0.2) is 9.97 Å². The van der Waals surface area contributed by atoms with Gasteiger partial charge in [0.25, 0.3) is 0 Å². The molecule has 0 saturated heterocycles. The van der Waals surface area contributed by atoms with Crippen LogP contribution >= 0.6 is 0 Å². The summed E-state index contributed by atoms with van der Waals surface area (Å²) in [6, 6.07) is 9.19. The smallest absolute Gasteiger partial charge is 0.159 e. The maximum Gasteiger partial charge on any atom is 0.159 e. The molecule has 4 rings (SSSR count). The Labute approximate surface area is 209 Å². The van der Waals surface area contributed by atoms with E-state index in [9.17, 15) is 0 Å². The van der Waals surface area contributed by atoms with Crippen molar-refractivity contribution in [3.63, 3.8) is 0 Å². The van der Waals surface area contributed by atoms with Crippen LogP contribution in [0.2, 0.25) is 0 Å². The van der Waals surface area contributed by atoms with Gasteiger partial charge in [0.2, 0.25) is 0 Å². The summed E-state index contributed by atoms with van der Waals surface area (Å²) in [5, 5.41) is 0. The number of nitrogens with zero attached hydrogens (tertiary/aromatic N) is 2. The molecule has 1 aromatic heterocycles. The minimum atomic E-state index is 0.663. The van der Waals surface area contributed by atoms with E-state index in [0.717, 1.165) is 29.1 Å². The Morgan fingerprint density at radius 2 is 1.12 bits per heavy atom. The first-order valence-electron chi connectivity index (χ1n) is 14.7. The second-order valence-corrected chi connectivity index (χ2v) is 11.4. The minimum absolute atomic E-state index is 0.663. The summed E-state index contributed by atoms with van der Waals surface area (Å²) in [6.07, 6.45) is 26.4. The summed E-state index contributed by atoms with van der Waals surface area (Å²) in [6.45, 7) is 4.61. The molecular weight excluding hydrogens is 412 g/mol. The Balaban J connectivity index is 1.25. The average Bonchev–Trinajstić information content (AvgIpc) is 2.91. The monoisotopic (exact) mass is 460 g/mol. The first kappa shape index (κ1) is 25.4. The largest absolute Gasteiger partial charge is 0.236 e. The molecule has 0 unspecified atom stereocenters. The highest BCUT2D eigenvalue weighted by atomic mass is 14.9. The maximum absolute atomic E-state index is 4.78. The van der Waals surface area contributed by atoms with Crippen LogP contribution in [0.25, 0.3) is 11.4 Å². The summed E-state index contributed by atoms with van der Waals surface area (Å²) in [4.78, 5) is 9.55. The second kappa shape index (κ2) is 13.4. The first-order valence-corrected chi connectivity index (χ1v) is 14.7. The zero-order chi connectivity index (χ0) is 23.6. The summed E-state index contributed by atoms with van der Waals surface area (Å²) in [5.74, 6) is 4.22. The third-order valence-electron chi connectivity index (χ3n) is 8.91. The lowest BCUT2D eigenvalue weighted by Gasteiger charge is -2.29. The van der Waals surface area contributed by atoms with Crippen molar-refractivity contribution in [2.45, 2.75) is 128 Å². The normalized spacial score (nSPS) is 25.4. The van der Waals surface area contributed by atoms with Crippen LogP contribution in [0.5, 0.6) is 0 Å². The number of aromatic nitrogens is 2. The molecule has 186 valence electrons. The van der Waals surface area contributed by atoms with E-state index >= 15 is 0 Å². The van der Waals surface area contributed by atoms with Gasteiger partial charge in [-0.2, -0.15) is 0 Å². The molecule has 0 aliphatic heterocycles. The van der Waals surface area contributed by atoms with Crippen molar-refractivity contribution in [1.29, 1.82) is 0 Å². The van der Waals surface area contributed by atoms with E-state index in [1.807, 2.05) is 0 Å². The Morgan fingerprint density at radius 1 is 0.588 bits per heavy atom. The van der Waals surface area contributed by atoms with Gasteiger partial charge in [0, 0.05) is 18.0 Å². The van der Waals surface area contributed by atoms with Crippen LogP contribution in [0.4, 0.5) is 0 Å². The number of rotatable bonds is 11. The van der Waals surface area contributed by atoms with Crippen molar-refractivity contribution in [2.75, 3.05) is 0 Å². The molecule has 2 heteroatoms. The molecule has 2 aliphatic carbocycles. The Hall–Kier alpha value is -1.70. The molecular formula is C32H48N2. The Kier molecular flexibility index (Phi) is 10.0. The van der Waals surface area contributed by atoms with E-state index < -0.39 is 0 Å². The molecule has 2 fully saturated rings. The molecule has 1 aromatic carbocycles. The molecule has 0 amide bonds. The van der Waals surface area contributed by atoms with Crippen LogP contribution in [0, 0.1) is 11.8 Å². The van der Waals surface area contributed by atoms with Gasteiger partial charge in [-0.3, -0.25) is 0 Å². The molecule has 2 aliphatic rings. The molecule has 0 atom stereocenters. The van der Waals surface area contributed by atoms with Gasteiger partial charge in [0.15, 0.2) is 5.82 Å². The van der Waals surface area contributed by atoms with Gasteiger partial charge in [-0.15, -0.1) is 0 Å². The maximum atomic E-state index is 4.78. The van der Waals surface area contributed by atoms with Gasteiger partial charge in [-0.05, 0) is 86.2 Å². The third-order valence-corrected chi connectivity index (χ3v) is 8.91. The topological polar surface area (TPSA) is 25.8 Å². The Bertz CT molecular complexity index is 809. The molecule has 2 aromatic rings. The average molecular weight is 461 g/mol. The predicted molar refractivity (Wildman–Crippen MR) is 145 cm³/mol. The number of unbranched alkanes of at least 4 members (excludes halogenated alkanes) is 4. The fourth-order valence-electron chi connectivity index (χ4n) is 6.52. The highest BCUT2D eigenvalue weighted by Crippen LogP contribution is 2.39. The summed E-state index contributed by atoms with van der Waals surface area (Å²) in [7, 11) is 0. The van der Waals surface area contributed by atoms with Gasteiger partial charge in [-0.25, -0.2) is 9.97 Å². The van der Waals surface area contributed by atoms with Crippen molar-refractivity contribution in [3.8, 4) is 11.4 Å². The second-order valence-electron chi connectivity index (χ2n) is 11.4. The molecule has 0 N–H and O–H groups in total. The van der Waals surface area contributed by atoms with E-state index in [0.29, 0.717) is 5.92 Å². The van der Waals surface area contributed by atoms with Gasteiger partial charge < -0.3 is 0 Å². The lowest BCUT2D eigenvalue weighted by atomic mass is 9.77. The van der Waals surface area contributed by atoms with Gasteiger partial charge in [0.05, 0.1) is 0 Å². The van der Waals surface area contributed by atoms with Crippen molar-refractivity contribution < 1.29 is 0 Å². The zero-order valence-electron chi connectivity index (χ0n) is 22.0. The lowest BCUT2D eigenvalue weighted by Crippen LogP contribution is -2.14. The van der Waals surface area contributed by atoms with Crippen LogP contribution in [0.1, 0.15) is 140 Å². The fourth-order valence-corrected chi connectivity index (χ4v) is 6.52. The molecule has 0 bridgehead atoms. The SMILES string of the molecule is CCCCCCC1CCC(c2ccc(-c3ncc(C4CCC(CCCC)CC4)cn3)cc2)CC1. The van der Waals surface area contributed by atoms with E-state index in [-0.39, 0.29) is 0 Å². The summed E-state index contributed by atoms with van der Waals surface area (Å²) >= 11 is 0. The molecule has 2 saturated carbocycles. The van der Waals surface area contributed by atoms with Crippen LogP contribution in [0.15, 0.2) is 36.7 Å². The zero-order valence-corrected chi connectivity index (χ0v) is 22.0. The quantitative estimate of drug-likeness (QED) is 0.312. The van der Waals surface area contributed by atoms with Crippen molar-refractivity contribution in [1.82, 2.24) is 9.97 Å². The highest BCUT2D eigenvalue weighted by molar-refractivity contribution is 5.55. The number of benzene rings is 1. The van der Waals surface area contributed by atoms with Crippen molar-refractivity contribution >= 4 is 0 Å². The van der Waals surface area contributed by atoms with Gasteiger partial charge in [-0.1, -0.05) is 89.5 Å². The fraction of sp³-hybridized carbons (Fsp3) is 0.688. The number of hydrogen-bond donors (Lipinski definition) is 0. The molecule has 0 radical (unpaired) electrons. The standard InChI is InChI=1S/C32H48N2/c1-3-5-7-8-10-26-11-15-27(16-12-26)28-19-21-30(22-20-28)32-33-23-31(24-34-32)29-17-13-25(14-18-29)9-6-4-2/h19-27,29H,3-18H2,1-2H3. The van der Waals surface area contributed by atoms with Crippen LogP contribution < -0.4 is 0 Å². The first-order chi connectivity index (χ1) is 16.8. The lowest BCUT2D eigenvalue weighted by molar-refractivity contribution is 0.302. The van der Waals surface area contributed by atoms with Gasteiger partial charge >= 0.3 is 0 Å². The van der Waals surface area contributed by atoms with Crippen molar-refractivity contribution in [3.05, 3.63) is 47.8 Å². The van der Waals surface area contributed by atoms with Crippen LogP contribution in [0.3, 0.4) is 0 Å². The molecule has 34 heavy (non-hydrogen) atoms. The van der Waals surface area contributed by atoms with Crippen LogP contribution in [-0.2, 0) is 0 Å². The minimum Gasteiger partial charge on any atom is -0.236 e. The van der Waals surface area contributed by atoms with E-state index in [4.69, 9.17) is 9.97 Å². The van der Waals surface area contributed by atoms with E-state index in [1.54, 1.807) is 0 Å². The summed E-state index contributed by atoms with van der Waals surface area (Å²) in [5.41, 5.74) is 4.02. The highest BCUT2D eigenvalue weighted by Gasteiger charge is 2.23. The Morgan fingerprint density at radius 3 is 1.68 bits per heavy atom. The number of hydrogen-bond acceptors (Lipinski definition) is 2.